The first-order chi connectivity index (χ1) is 9.33. The summed E-state index contributed by atoms with van der Waals surface area (Å²) in [5, 5.41) is 8.73. The van der Waals surface area contributed by atoms with Gasteiger partial charge in [0, 0.05) is 5.56 Å². The first-order valence-corrected chi connectivity index (χ1v) is 5.58. The molecule has 1 aromatic rings. The van der Waals surface area contributed by atoms with Crippen molar-refractivity contribution < 1.29 is 27.5 Å². The molecule has 0 unspecified atom stereocenters. The molecule has 0 aliphatic carbocycles. The van der Waals surface area contributed by atoms with E-state index in [1.165, 1.54) is 13.0 Å². The molecule has 4 nitrogen and oxygen atoms in total. The van der Waals surface area contributed by atoms with Crippen LogP contribution in [-0.4, -0.2) is 18.9 Å². The molecule has 0 aromatic heterocycles. The molecule has 7 heteroatoms. The Bertz CT molecular complexity index is 573. The van der Waals surface area contributed by atoms with Crippen LogP contribution in [0.4, 0.5) is 13.2 Å². The van der Waals surface area contributed by atoms with Crippen molar-refractivity contribution >= 4 is 12.3 Å². The average molecular weight is 285 g/mol. The SMILES string of the molecule is CCOC(=O)Cc1cc(C=O)c(C#N)cc1C(F)(F)F. The topological polar surface area (TPSA) is 67.2 Å². The lowest BCUT2D eigenvalue weighted by Crippen LogP contribution is -2.15. The summed E-state index contributed by atoms with van der Waals surface area (Å²) in [5.74, 6) is -0.834. The second kappa shape index (κ2) is 6.19. The van der Waals surface area contributed by atoms with Gasteiger partial charge in [0.15, 0.2) is 6.29 Å². The van der Waals surface area contributed by atoms with E-state index in [9.17, 15) is 22.8 Å². The first-order valence-electron chi connectivity index (χ1n) is 5.58. The zero-order valence-electron chi connectivity index (χ0n) is 10.5. The van der Waals surface area contributed by atoms with E-state index in [0.29, 0.717) is 6.07 Å². The van der Waals surface area contributed by atoms with Crippen molar-refractivity contribution in [3.05, 3.63) is 34.4 Å². The zero-order chi connectivity index (χ0) is 15.3. The van der Waals surface area contributed by atoms with Crippen LogP contribution in [0.15, 0.2) is 12.1 Å². The molecule has 0 saturated carbocycles. The van der Waals surface area contributed by atoms with Gasteiger partial charge in [-0.05, 0) is 24.6 Å². The van der Waals surface area contributed by atoms with E-state index in [4.69, 9.17) is 5.26 Å². The molecule has 0 aliphatic rings. The number of esters is 1. The van der Waals surface area contributed by atoms with Gasteiger partial charge in [-0.3, -0.25) is 9.59 Å². The van der Waals surface area contributed by atoms with Crippen molar-refractivity contribution in [2.45, 2.75) is 19.5 Å². The van der Waals surface area contributed by atoms with Gasteiger partial charge in [-0.2, -0.15) is 18.4 Å². The largest absolute Gasteiger partial charge is 0.466 e. The van der Waals surface area contributed by atoms with Crippen molar-refractivity contribution in [1.29, 1.82) is 5.26 Å². The number of nitriles is 1. The summed E-state index contributed by atoms with van der Waals surface area (Å²) in [5.41, 5.74) is -2.09. The number of carbonyl (C=O) groups excluding carboxylic acids is 2. The van der Waals surface area contributed by atoms with Crippen molar-refractivity contribution in [2.75, 3.05) is 6.61 Å². The fourth-order valence-electron chi connectivity index (χ4n) is 1.64. The summed E-state index contributed by atoms with van der Waals surface area (Å²) in [4.78, 5) is 22.1. The molecule has 0 aliphatic heterocycles. The second-order valence-electron chi connectivity index (χ2n) is 3.81. The lowest BCUT2D eigenvalue weighted by atomic mass is 9.97. The standard InChI is InChI=1S/C13H10F3NO3/c1-2-20-12(19)5-8-3-10(7-18)9(6-17)4-11(8)13(14,15)16/h3-4,7H,2,5H2,1H3. The number of nitrogens with zero attached hydrogens (tertiary/aromatic N) is 1. The van der Waals surface area contributed by atoms with Crippen LogP contribution in [0, 0.1) is 11.3 Å². The quantitative estimate of drug-likeness (QED) is 0.629. The van der Waals surface area contributed by atoms with Crippen molar-refractivity contribution in [2.24, 2.45) is 0 Å². The molecule has 0 spiro atoms. The molecule has 0 fully saturated rings. The molecular weight excluding hydrogens is 275 g/mol. The fourth-order valence-corrected chi connectivity index (χ4v) is 1.64. The summed E-state index contributed by atoms with van der Waals surface area (Å²) in [6, 6.07) is 2.98. The molecule has 0 heterocycles. The first kappa shape index (κ1) is 15.7. The lowest BCUT2D eigenvalue weighted by Gasteiger charge is -2.14. The van der Waals surface area contributed by atoms with E-state index >= 15 is 0 Å². The van der Waals surface area contributed by atoms with E-state index < -0.39 is 29.7 Å². The molecular formula is C13H10F3NO3. The number of benzene rings is 1. The molecule has 1 rings (SSSR count). The van der Waals surface area contributed by atoms with Crippen LogP contribution >= 0.6 is 0 Å². The van der Waals surface area contributed by atoms with Crippen LogP contribution in [0.2, 0.25) is 0 Å². The van der Waals surface area contributed by atoms with Crippen LogP contribution in [0.3, 0.4) is 0 Å². The number of alkyl halides is 3. The Balaban J connectivity index is 3.36. The van der Waals surface area contributed by atoms with Crippen LogP contribution in [0.5, 0.6) is 0 Å². The minimum absolute atomic E-state index is 0.0387. The highest BCUT2D eigenvalue weighted by Crippen LogP contribution is 2.34. The number of rotatable bonds is 4. The van der Waals surface area contributed by atoms with Crippen molar-refractivity contribution in [1.82, 2.24) is 0 Å². The molecule has 0 amide bonds. The Morgan fingerprint density at radius 1 is 1.45 bits per heavy atom. The van der Waals surface area contributed by atoms with Crippen LogP contribution < -0.4 is 0 Å². The third-order valence-electron chi connectivity index (χ3n) is 2.47. The highest BCUT2D eigenvalue weighted by Gasteiger charge is 2.34. The van der Waals surface area contributed by atoms with Crippen molar-refractivity contribution in [3.63, 3.8) is 0 Å². The van der Waals surface area contributed by atoms with Gasteiger partial charge in [0.2, 0.25) is 0 Å². The molecule has 106 valence electrons. The highest BCUT2D eigenvalue weighted by atomic mass is 19.4. The molecule has 0 bridgehead atoms. The van der Waals surface area contributed by atoms with E-state index in [1.807, 2.05) is 0 Å². The third kappa shape index (κ3) is 3.57. The average Bonchev–Trinajstić information content (AvgIpc) is 2.37. The Labute approximate surface area is 112 Å². The number of ether oxygens (including phenoxy) is 1. The molecule has 20 heavy (non-hydrogen) atoms. The Hall–Kier alpha value is -2.36. The van der Waals surface area contributed by atoms with Gasteiger partial charge in [-0.15, -0.1) is 0 Å². The van der Waals surface area contributed by atoms with Gasteiger partial charge in [0.1, 0.15) is 0 Å². The number of hydrogen-bond acceptors (Lipinski definition) is 4. The van der Waals surface area contributed by atoms with Crippen LogP contribution in [-0.2, 0) is 22.1 Å². The van der Waals surface area contributed by atoms with E-state index in [1.54, 1.807) is 0 Å². The summed E-state index contributed by atoms with van der Waals surface area (Å²) in [6.07, 6.45) is -5.07. The highest BCUT2D eigenvalue weighted by molar-refractivity contribution is 5.81. The smallest absolute Gasteiger partial charge is 0.416 e. The van der Waals surface area contributed by atoms with Crippen LogP contribution in [0.25, 0.3) is 0 Å². The zero-order valence-corrected chi connectivity index (χ0v) is 10.5. The normalized spacial score (nSPS) is 10.8. The fraction of sp³-hybridized carbons (Fsp3) is 0.308. The number of hydrogen-bond donors (Lipinski definition) is 0. The Kier molecular flexibility index (Phi) is 4.86. The Morgan fingerprint density at radius 3 is 2.55 bits per heavy atom. The molecule has 0 radical (unpaired) electrons. The second-order valence-corrected chi connectivity index (χ2v) is 3.81. The predicted molar refractivity (Wildman–Crippen MR) is 61.9 cm³/mol. The maximum Gasteiger partial charge on any atom is 0.416 e. The number of halogens is 3. The van der Waals surface area contributed by atoms with Gasteiger partial charge in [-0.25, -0.2) is 0 Å². The van der Waals surface area contributed by atoms with Crippen LogP contribution in [0.1, 0.15) is 34.0 Å². The van der Waals surface area contributed by atoms with Gasteiger partial charge >= 0.3 is 12.1 Å². The van der Waals surface area contributed by atoms with E-state index in [0.717, 1.165) is 6.07 Å². The monoisotopic (exact) mass is 285 g/mol. The summed E-state index contributed by atoms with van der Waals surface area (Å²) in [7, 11) is 0. The Morgan fingerprint density at radius 2 is 2.10 bits per heavy atom. The summed E-state index contributed by atoms with van der Waals surface area (Å²) < 4.78 is 43.2. The van der Waals surface area contributed by atoms with Gasteiger partial charge in [0.05, 0.1) is 30.2 Å². The predicted octanol–water partition coefficient (Wildman–Crippen LogP) is 2.50. The molecule has 0 saturated heterocycles. The molecule has 1 aromatic carbocycles. The van der Waals surface area contributed by atoms with E-state index in [-0.39, 0.29) is 24.0 Å². The minimum Gasteiger partial charge on any atom is -0.466 e. The maximum atomic E-state index is 12.9. The maximum absolute atomic E-state index is 12.9. The summed E-state index contributed by atoms with van der Waals surface area (Å²) >= 11 is 0. The minimum atomic E-state index is -4.73. The molecule has 0 atom stereocenters. The van der Waals surface area contributed by atoms with Gasteiger partial charge in [0.25, 0.3) is 0 Å². The number of aldehydes is 1. The molecule has 0 N–H and O–H groups in total. The van der Waals surface area contributed by atoms with Gasteiger partial charge in [-0.1, -0.05) is 0 Å². The lowest BCUT2D eigenvalue weighted by molar-refractivity contribution is -0.143. The number of carbonyl (C=O) groups is 2. The van der Waals surface area contributed by atoms with Gasteiger partial charge < -0.3 is 4.74 Å². The van der Waals surface area contributed by atoms with E-state index in [2.05, 4.69) is 4.74 Å². The summed E-state index contributed by atoms with van der Waals surface area (Å²) in [6.45, 7) is 1.56. The van der Waals surface area contributed by atoms with Crippen molar-refractivity contribution in [3.8, 4) is 6.07 Å². The third-order valence-corrected chi connectivity index (χ3v) is 2.47.